The fourth-order valence-corrected chi connectivity index (χ4v) is 3.10. The van der Waals surface area contributed by atoms with E-state index in [1.165, 1.54) is 0 Å². The number of hydrogen-bond donors (Lipinski definition) is 2. The topological polar surface area (TPSA) is 33.1 Å². The quantitative estimate of drug-likeness (QED) is 0.354. The van der Waals surface area contributed by atoms with E-state index in [0.29, 0.717) is 0 Å². The van der Waals surface area contributed by atoms with E-state index in [-0.39, 0.29) is 11.0 Å². The molecule has 5 heteroatoms. The highest BCUT2D eigenvalue weighted by molar-refractivity contribution is 8.76. The highest BCUT2D eigenvalue weighted by atomic mass is 33.1. The van der Waals surface area contributed by atoms with Crippen LogP contribution in [0.2, 0.25) is 0 Å². The van der Waals surface area contributed by atoms with Gasteiger partial charge < -0.3 is 5.11 Å². The Labute approximate surface area is 103 Å². The van der Waals surface area contributed by atoms with Crippen LogP contribution in [0.1, 0.15) is 6.42 Å². The van der Waals surface area contributed by atoms with Crippen molar-refractivity contribution < 1.29 is 5.11 Å². The summed E-state index contributed by atoms with van der Waals surface area (Å²) in [7, 11) is 3.34. The number of rotatable bonds is 6. The van der Waals surface area contributed by atoms with Crippen molar-refractivity contribution in [2.45, 2.75) is 16.7 Å². The van der Waals surface area contributed by atoms with Crippen LogP contribution >= 0.6 is 34.2 Å². The standard InChI is InChI=1S/C10H13NOS3/c1-8(12)9(13)5-7-14-15-10-4-2-3-6-11-10/h2-4,6,9,12-13H,1,5,7H2. The maximum absolute atomic E-state index is 9.04. The van der Waals surface area contributed by atoms with Gasteiger partial charge in [-0.3, -0.25) is 0 Å². The number of aliphatic hydroxyl groups is 1. The molecule has 82 valence electrons. The van der Waals surface area contributed by atoms with Gasteiger partial charge in [-0.05, 0) is 29.3 Å². The summed E-state index contributed by atoms with van der Waals surface area (Å²) in [5.41, 5.74) is 0. The zero-order valence-corrected chi connectivity index (χ0v) is 10.7. The van der Waals surface area contributed by atoms with E-state index in [1.807, 2.05) is 18.2 Å². The van der Waals surface area contributed by atoms with Crippen LogP contribution in [0, 0.1) is 0 Å². The first-order valence-corrected chi connectivity index (χ1v) is 7.30. The Bertz CT molecular complexity index is 305. The van der Waals surface area contributed by atoms with E-state index < -0.39 is 0 Å². The average molecular weight is 259 g/mol. The second-order valence-corrected chi connectivity index (χ2v) is 5.93. The summed E-state index contributed by atoms with van der Waals surface area (Å²) in [6.07, 6.45) is 2.59. The Morgan fingerprint density at radius 3 is 3.00 bits per heavy atom. The van der Waals surface area contributed by atoms with E-state index in [4.69, 9.17) is 5.11 Å². The zero-order chi connectivity index (χ0) is 11.1. The molecule has 0 bridgehead atoms. The first kappa shape index (κ1) is 12.8. The van der Waals surface area contributed by atoms with Gasteiger partial charge in [0.15, 0.2) is 0 Å². The molecule has 0 saturated heterocycles. The number of aromatic nitrogens is 1. The summed E-state index contributed by atoms with van der Waals surface area (Å²) in [4.78, 5) is 4.19. The van der Waals surface area contributed by atoms with Crippen LogP contribution in [-0.2, 0) is 0 Å². The number of nitrogens with zero attached hydrogens (tertiary/aromatic N) is 1. The van der Waals surface area contributed by atoms with E-state index in [1.54, 1.807) is 27.8 Å². The SMILES string of the molecule is C=C(O)C(S)CCSSc1ccccn1. The third kappa shape index (κ3) is 5.39. The molecule has 1 unspecified atom stereocenters. The van der Waals surface area contributed by atoms with Crippen molar-refractivity contribution in [1.29, 1.82) is 0 Å². The van der Waals surface area contributed by atoms with Gasteiger partial charge in [0, 0.05) is 11.9 Å². The predicted molar refractivity (Wildman–Crippen MR) is 71.7 cm³/mol. The lowest BCUT2D eigenvalue weighted by Crippen LogP contribution is -2.02. The van der Waals surface area contributed by atoms with Crippen LogP contribution in [0.5, 0.6) is 0 Å². The van der Waals surface area contributed by atoms with Crippen LogP contribution in [-0.4, -0.2) is 21.1 Å². The molecule has 0 aliphatic rings. The molecular formula is C10H13NOS3. The van der Waals surface area contributed by atoms with Crippen LogP contribution in [0.25, 0.3) is 0 Å². The molecule has 1 N–H and O–H groups in total. The average Bonchev–Trinajstić information content (AvgIpc) is 2.25. The maximum atomic E-state index is 9.04. The molecule has 0 amide bonds. The molecule has 1 heterocycles. The number of thiol groups is 1. The van der Waals surface area contributed by atoms with Gasteiger partial charge in [-0.15, -0.1) is 0 Å². The van der Waals surface area contributed by atoms with Crippen molar-refractivity contribution in [2.24, 2.45) is 0 Å². The van der Waals surface area contributed by atoms with Gasteiger partial charge >= 0.3 is 0 Å². The fraction of sp³-hybridized carbons (Fsp3) is 0.300. The molecule has 0 aliphatic heterocycles. The molecule has 0 radical (unpaired) electrons. The highest BCUT2D eigenvalue weighted by Crippen LogP contribution is 2.30. The normalized spacial score (nSPS) is 12.3. The molecule has 0 fully saturated rings. The van der Waals surface area contributed by atoms with Crippen LogP contribution in [0.4, 0.5) is 0 Å². The van der Waals surface area contributed by atoms with Crippen molar-refractivity contribution in [3.8, 4) is 0 Å². The van der Waals surface area contributed by atoms with Crippen molar-refractivity contribution in [3.63, 3.8) is 0 Å². The molecule has 1 atom stereocenters. The molecule has 1 aromatic rings. The number of pyridine rings is 1. The second-order valence-electron chi connectivity index (χ2n) is 2.87. The van der Waals surface area contributed by atoms with Gasteiger partial charge in [-0.2, -0.15) is 12.6 Å². The summed E-state index contributed by atoms with van der Waals surface area (Å²) in [6, 6.07) is 5.84. The summed E-state index contributed by atoms with van der Waals surface area (Å²) in [6.45, 7) is 3.44. The maximum Gasteiger partial charge on any atom is 0.106 e. The van der Waals surface area contributed by atoms with Gasteiger partial charge in [-0.1, -0.05) is 23.4 Å². The zero-order valence-electron chi connectivity index (χ0n) is 8.17. The largest absolute Gasteiger partial charge is 0.512 e. The number of aliphatic hydroxyl groups excluding tert-OH is 1. The molecule has 0 spiro atoms. The molecule has 1 rings (SSSR count). The van der Waals surface area contributed by atoms with E-state index >= 15 is 0 Å². The van der Waals surface area contributed by atoms with Gasteiger partial charge in [-0.25, -0.2) is 4.98 Å². The van der Waals surface area contributed by atoms with E-state index in [0.717, 1.165) is 17.2 Å². The van der Waals surface area contributed by atoms with Crippen molar-refractivity contribution in [3.05, 3.63) is 36.7 Å². The Hall–Kier alpha value is -0.260. The summed E-state index contributed by atoms with van der Waals surface area (Å²) in [5, 5.41) is 9.92. The third-order valence-electron chi connectivity index (χ3n) is 1.64. The van der Waals surface area contributed by atoms with Crippen LogP contribution in [0.15, 0.2) is 41.8 Å². The Morgan fingerprint density at radius 1 is 1.60 bits per heavy atom. The molecular weight excluding hydrogens is 246 g/mol. The third-order valence-corrected chi connectivity index (χ3v) is 4.50. The van der Waals surface area contributed by atoms with Crippen LogP contribution < -0.4 is 0 Å². The van der Waals surface area contributed by atoms with Gasteiger partial charge in [0.25, 0.3) is 0 Å². The minimum absolute atomic E-state index is 0.123. The van der Waals surface area contributed by atoms with Gasteiger partial charge in [0.05, 0.1) is 11.0 Å². The molecule has 0 aliphatic carbocycles. The van der Waals surface area contributed by atoms with Crippen molar-refractivity contribution in [2.75, 3.05) is 5.75 Å². The molecule has 2 nitrogen and oxygen atoms in total. The molecule has 0 aromatic carbocycles. The molecule has 1 aromatic heterocycles. The minimum atomic E-state index is -0.123. The lowest BCUT2D eigenvalue weighted by atomic mass is 10.3. The summed E-state index contributed by atoms with van der Waals surface area (Å²) in [5.74, 6) is 1.05. The fourth-order valence-electron chi connectivity index (χ4n) is 0.825. The lowest BCUT2D eigenvalue weighted by Gasteiger charge is -2.07. The molecule has 15 heavy (non-hydrogen) atoms. The van der Waals surface area contributed by atoms with E-state index in [9.17, 15) is 0 Å². The Balaban J connectivity index is 2.15. The monoisotopic (exact) mass is 259 g/mol. The van der Waals surface area contributed by atoms with Crippen molar-refractivity contribution in [1.82, 2.24) is 4.98 Å². The first-order valence-electron chi connectivity index (χ1n) is 4.46. The van der Waals surface area contributed by atoms with Crippen LogP contribution in [0.3, 0.4) is 0 Å². The number of hydrogen-bond acceptors (Lipinski definition) is 5. The first-order chi connectivity index (χ1) is 7.20. The Morgan fingerprint density at radius 2 is 2.40 bits per heavy atom. The second kappa shape index (κ2) is 7.09. The smallest absolute Gasteiger partial charge is 0.106 e. The molecule has 0 saturated carbocycles. The predicted octanol–water partition coefficient (Wildman–Crippen LogP) is 3.58. The summed E-state index contributed by atoms with van der Waals surface area (Å²) < 4.78 is 0. The lowest BCUT2D eigenvalue weighted by molar-refractivity contribution is 0.395. The highest BCUT2D eigenvalue weighted by Gasteiger charge is 2.05. The summed E-state index contributed by atoms with van der Waals surface area (Å²) >= 11 is 4.20. The van der Waals surface area contributed by atoms with Gasteiger partial charge in [0.2, 0.25) is 0 Å². The minimum Gasteiger partial charge on any atom is -0.512 e. The van der Waals surface area contributed by atoms with Crippen molar-refractivity contribution >= 4 is 34.2 Å². The van der Waals surface area contributed by atoms with Gasteiger partial charge in [0.1, 0.15) is 5.03 Å². The van der Waals surface area contributed by atoms with E-state index in [2.05, 4.69) is 24.2 Å². The Kier molecular flexibility index (Phi) is 6.05.